The molecule has 0 spiro atoms. The van der Waals surface area contributed by atoms with E-state index >= 15 is 0 Å². The average Bonchev–Trinajstić information content (AvgIpc) is 2.33. The molecule has 2 aliphatic rings. The summed E-state index contributed by atoms with van der Waals surface area (Å²) in [7, 11) is 1.65. The zero-order valence-electron chi connectivity index (χ0n) is 11.5. The van der Waals surface area contributed by atoms with Gasteiger partial charge in [0.05, 0.1) is 5.57 Å². The summed E-state index contributed by atoms with van der Waals surface area (Å²) in [5.41, 5.74) is 3.48. The smallest absolute Gasteiger partial charge is 0.350 e. The molecular weight excluding hydrogens is 331 g/mol. The Morgan fingerprint density at radius 2 is 1.85 bits per heavy atom. The van der Waals surface area contributed by atoms with Gasteiger partial charge in [-0.1, -0.05) is 21.5 Å². The Morgan fingerprint density at radius 1 is 1.20 bits per heavy atom. The van der Waals surface area contributed by atoms with Crippen molar-refractivity contribution < 1.29 is 13.2 Å². The normalized spacial score (nSPS) is 24.1. The van der Waals surface area contributed by atoms with Crippen LogP contribution in [0.4, 0.5) is 13.2 Å². The minimum Gasteiger partial charge on any atom is -0.350 e. The van der Waals surface area contributed by atoms with Gasteiger partial charge in [0.2, 0.25) is 0 Å². The maximum Gasteiger partial charge on any atom is 0.417 e. The van der Waals surface area contributed by atoms with Crippen molar-refractivity contribution in [1.82, 2.24) is 4.90 Å². The van der Waals surface area contributed by atoms with Crippen LogP contribution in [-0.2, 0) is 0 Å². The highest BCUT2D eigenvalue weighted by Crippen LogP contribution is 2.37. The van der Waals surface area contributed by atoms with Gasteiger partial charge in [-0.15, -0.1) is 0 Å². The van der Waals surface area contributed by atoms with E-state index in [0.717, 1.165) is 40.0 Å². The number of nitrogens with zero attached hydrogens (tertiary/aromatic N) is 1. The van der Waals surface area contributed by atoms with Crippen LogP contribution in [-0.4, -0.2) is 18.1 Å². The molecule has 1 aliphatic heterocycles. The average molecular weight is 346 g/mol. The molecule has 0 aromatic carbocycles. The minimum absolute atomic E-state index is 0.629. The highest BCUT2D eigenvalue weighted by Gasteiger charge is 2.34. The van der Waals surface area contributed by atoms with Gasteiger partial charge < -0.3 is 4.90 Å². The van der Waals surface area contributed by atoms with Gasteiger partial charge >= 0.3 is 6.18 Å². The molecule has 0 fully saturated rings. The molecule has 0 saturated heterocycles. The Bertz CT molecular complexity index is 589. The van der Waals surface area contributed by atoms with Crippen LogP contribution in [0.1, 0.15) is 20.3 Å². The van der Waals surface area contributed by atoms with E-state index in [-0.39, 0.29) is 0 Å². The van der Waals surface area contributed by atoms with Gasteiger partial charge in [-0.25, -0.2) is 0 Å². The third kappa shape index (κ3) is 2.92. The first-order valence-electron chi connectivity index (χ1n) is 6.17. The van der Waals surface area contributed by atoms with Gasteiger partial charge in [-0.3, -0.25) is 0 Å². The predicted molar refractivity (Wildman–Crippen MR) is 78.1 cm³/mol. The van der Waals surface area contributed by atoms with E-state index in [4.69, 9.17) is 0 Å². The summed E-state index contributed by atoms with van der Waals surface area (Å²) in [5.74, 6) is 0. The van der Waals surface area contributed by atoms with Gasteiger partial charge in [0, 0.05) is 23.4 Å². The van der Waals surface area contributed by atoms with E-state index in [1.54, 1.807) is 18.0 Å². The maximum absolute atomic E-state index is 12.7. The largest absolute Gasteiger partial charge is 0.417 e. The molecule has 0 aromatic heterocycles. The van der Waals surface area contributed by atoms with Crippen molar-refractivity contribution in [3.63, 3.8) is 0 Å². The van der Waals surface area contributed by atoms with Crippen molar-refractivity contribution in [2.24, 2.45) is 0 Å². The third-order valence-electron chi connectivity index (χ3n) is 3.44. The molecule has 0 radical (unpaired) electrons. The number of hydrogen-bond acceptors (Lipinski definition) is 1. The molecule has 1 nitrogen and oxygen atoms in total. The van der Waals surface area contributed by atoms with Crippen molar-refractivity contribution in [2.45, 2.75) is 26.4 Å². The molecule has 0 bridgehead atoms. The fourth-order valence-corrected chi connectivity index (χ4v) is 2.75. The molecule has 20 heavy (non-hydrogen) atoms. The number of rotatable bonds is 0. The molecule has 2 rings (SSSR count). The zero-order chi connectivity index (χ0) is 15.1. The summed E-state index contributed by atoms with van der Waals surface area (Å²) in [6.45, 7) is 3.98. The number of allylic oxidation sites excluding steroid dienone is 8. The molecule has 0 unspecified atom stereocenters. The van der Waals surface area contributed by atoms with Crippen molar-refractivity contribution in [3.8, 4) is 0 Å². The van der Waals surface area contributed by atoms with E-state index in [9.17, 15) is 13.2 Å². The van der Waals surface area contributed by atoms with Crippen molar-refractivity contribution >= 4 is 15.9 Å². The van der Waals surface area contributed by atoms with Gasteiger partial charge in [0.25, 0.3) is 0 Å². The number of likely N-dealkylation sites (N-methyl/N-ethyl adjacent to an activating group) is 1. The molecule has 1 heterocycles. The van der Waals surface area contributed by atoms with E-state index in [0.29, 0.717) is 0 Å². The number of halogens is 4. The van der Waals surface area contributed by atoms with E-state index in [1.807, 2.05) is 19.9 Å². The Balaban J connectivity index is 2.39. The van der Waals surface area contributed by atoms with Crippen LogP contribution < -0.4 is 0 Å². The van der Waals surface area contributed by atoms with Crippen LogP contribution in [0, 0.1) is 0 Å². The highest BCUT2D eigenvalue weighted by atomic mass is 79.9. The first-order chi connectivity index (χ1) is 9.20. The monoisotopic (exact) mass is 345 g/mol. The van der Waals surface area contributed by atoms with Crippen molar-refractivity contribution in [3.05, 3.63) is 56.9 Å². The van der Waals surface area contributed by atoms with Gasteiger partial charge in [0.15, 0.2) is 0 Å². The standard InChI is InChI=1S/C15H15BrF3N/c1-9-7-13(16)10(2)6-12(9)14-5-4-11(8-20(14)3)15(17,18)19/h4-5,7-8H,6H2,1-3H3. The molecular formula is C15H15BrF3N. The van der Waals surface area contributed by atoms with Crippen molar-refractivity contribution in [1.29, 1.82) is 0 Å². The Labute approximate surface area is 125 Å². The van der Waals surface area contributed by atoms with Crippen LogP contribution in [0.15, 0.2) is 56.9 Å². The molecule has 0 saturated carbocycles. The Morgan fingerprint density at radius 3 is 2.40 bits per heavy atom. The molecule has 0 atom stereocenters. The SMILES string of the molecule is CC1=CC(Br)=C(C)CC1=C1C=CC(C(F)(F)F)=CN1C. The molecule has 0 amide bonds. The summed E-state index contributed by atoms with van der Waals surface area (Å²) in [4.78, 5) is 1.54. The summed E-state index contributed by atoms with van der Waals surface area (Å²) in [6, 6.07) is 0. The van der Waals surface area contributed by atoms with Gasteiger partial charge in [0.1, 0.15) is 0 Å². The quantitative estimate of drug-likeness (QED) is 0.582. The van der Waals surface area contributed by atoms with E-state index in [2.05, 4.69) is 15.9 Å². The number of hydrogen-bond donors (Lipinski definition) is 0. The van der Waals surface area contributed by atoms with Gasteiger partial charge in [-0.2, -0.15) is 13.2 Å². The highest BCUT2D eigenvalue weighted by molar-refractivity contribution is 9.11. The maximum atomic E-state index is 12.7. The minimum atomic E-state index is -4.31. The van der Waals surface area contributed by atoms with Crippen LogP contribution in [0.25, 0.3) is 0 Å². The van der Waals surface area contributed by atoms with Crippen LogP contribution >= 0.6 is 15.9 Å². The summed E-state index contributed by atoms with van der Waals surface area (Å²) in [6.07, 6.45) is 2.25. The second-order valence-corrected chi connectivity index (χ2v) is 5.88. The summed E-state index contributed by atoms with van der Waals surface area (Å²) < 4.78 is 39.1. The lowest BCUT2D eigenvalue weighted by molar-refractivity contribution is -0.0892. The van der Waals surface area contributed by atoms with Crippen molar-refractivity contribution in [2.75, 3.05) is 7.05 Å². The van der Waals surface area contributed by atoms with Crippen LogP contribution in [0.3, 0.4) is 0 Å². The molecule has 108 valence electrons. The lowest BCUT2D eigenvalue weighted by Crippen LogP contribution is -2.21. The van der Waals surface area contributed by atoms with E-state index < -0.39 is 11.7 Å². The lowest BCUT2D eigenvalue weighted by Gasteiger charge is -2.27. The molecule has 0 aromatic rings. The second-order valence-electron chi connectivity index (χ2n) is 5.02. The summed E-state index contributed by atoms with van der Waals surface area (Å²) >= 11 is 3.48. The Hall–Kier alpha value is -1.23. The number of alkyl halides is 3. The second kappa shape index (κ2) is 5.28. The first kappa shape index (κ1) is 15.2. The van der Waals surface area contributed by atoms with Crippen LogP contribution in [0.5, 0.6) is 0 Å². The molecule has 0 N–H and O–H groups in total. The van der Waals surface area contributed by atoms with Gasteiger partial charge in [-0.05, 0) is 49.6 Å². The Kier molecular flexibility index (Phi) is 4.00. The first-order valence-corrected chi connectivity index (χ1v) is 6.96. The molecule has 5 heteroatoms. The third-order valence-corrected chi connectivity index (χ3v) is 4.34. The summed E-state index contributed by atoms with van der Waals surface area (Å²) in [5, 5.41) is 0. The van der Waals surface area contributed by atoms with E-state index in [1.165, 1.54) is 5.57 Å². The molecule has 1 aliphatic carbocycles. The topological polar surface area (TPSA) is 3.24 Å². The zero-order valence-corrected chi connectivity index (χ0v) is 13.1. The van der Waals surface area contributed by atoms with Crippen LogP contribution in [0.2, 0.25) is 0 Å². The predicted octanol–water partition coefficient (Wildman–Crippen LogP) is 5.21. The fourth-order valence-electron chi connectivity index (χ4n) is 2.27. The lowest BCUT2D eigenvalue weighted by atomic mass is 9.91. The fraction of sp³-hybridized carbons (Fsp3) is 0.333.